The Balaban J connectivity index is 2.08. The Morgan fingerprint density at radius 2 is 2.04 bits per heavy atom. The molecule has 0 saturated heterocycles. The fourth-order valence-corrected chi connectivity index (χ4v) is 2.86. The van der Waals surface area contributed by atoms with Gasteiger partial charge in [-0.1, -0.05) is 12.1 Å². The van der Waals surface area contributed by atoms with Crippen molar-refractivity contribution in [2.75, 3.05) is 11.9 Å². The van der Waals surface area contributed by atoms with Gasteiger partial charge in [0.1, 0.15) is 17.9 Å². The molecule has 2 amide bonds. The van der Waals surface area contributed by atoms with Crippen LogP contribution in [0.5, 0.6) is 0 Å². The van der Waals surface area contributed by atoms with E-state index in [0.717, 1.165) is 5.56 Å². The molecule has 0 atom stereocenters. The third-order valence-corrected chi connectivity index (χ3v) is 4.23. The summed E-state index contributed by atoms with van der Waals surface area (Å²) in [5, 5.41) is 17.9. The Morgan fingerprint density at radius 1 is 1.33 bits per heavy atom. The molecule has 0 unspecified atom stereocenters. The van der Waals surface area contributed by atoms with Crippen LogP contribution in [0.4, 0.5) is 11.4 Å². The molecule has 2 aromatic rings. The molecule has 0 spiro atoms. The lowest BCUT2D eigenvalue weighted by molar-refractivity contribution is -0.386. The van der Waals surface area contributed by atoms with Crippen molar-refractivity contribution in [2.45, 2.75) is 40.8 Å². The molecule has 0 bridgehead atoms. The van der Waals surface area contributed by atoms with Gasteiger partial charge in [-0.15, -0.1) is 0 Å². The number of nitro groups is 1. The lowest BCUT2D eigenvalue weighted by atomic mass is 10.2. The molecule has 0 saturated carbocycles. The van der Waals surface area contributed by atoms with Gasteiger partial charge in [-0.05, 0) is 38.5 Å². The second-order valence-electron chi connectivity index (χ2n) is 6.22. The van der Waals surface area contributed by atoms with Gasteiger partial charge in [-0.25, -0.2) is 0 Å². The van der Waals surface area contributed by atoms with Gasteiger partial charge in [0.25, 0.3) is 0 Å². The molecule has 2 rings (SSSR count). The highest BCUT2D eigenvalue weighted by molar-refractivity contribution is 5.90. The molecule has 144 valence electrons. The number of anilines is 1. The summed E-state index contributed by atoms with van der Waals surface area (Å²) in [6.07, 6.45) is 0. The number of amides is 2. The van der Waals surface area contributed by atoms with Gasteiger partial charge in [0.05, 0.1) is 4.92 Å². The van der Waals surface area contributed by atoms with Crippen LogP contribution >= 0.6 is 0 Å². The molecule has 0 fully saturated rings. The zero-order valence-electron chi connectivity index (χ0n) is 15.9. The minimum Gasteiger partial charge on any atom is -0.339 e. The summed E-state index contributed by atoms with van der Waals surface area (Å²) in [7, 11) is 0. The van der Waals surface area contributed by atoms with Crippen LogP contribution in [0, 0.1) is 24.0 Å². The van der Waals surface area contributed by atoms with Crippen LogP contribution in [-0.4, -0.2) is 38.0 Å². The normalized spacial score (nSPS) is 10.5. The number of aromatic nitrogens is 2. The van der Waals surface area contributed by atoms with Crippen LogP contribution in [0.1, 0.15) is 30.8 Å². The van der Waals surface area contributed by atoms with Crippen LogP contribution in [0.2, 0.25) is 0 Å². The Bertz CT molecular complexity index is 875. The van der Waals surface area contributed by atoms with Crippen molar-refractivity contribution >= 4 is 23.2 Å². The molecule has 1 N–H and O–H groups in total. The molecule has 27 heavy (non-hydrogen) atoms. The SMILES string of the molecule is CCN(Cc1cccc(NC(=O)Cn2nc(C)c([N+](=O)[O-])c2C)c1)C(C)=O. The van der Waals surface area contributed by atoms with Gasteiger partial charge in [0.2, 0.25) is 11.8 Å². The summed E-state index contributed by atoms with van der Waals surface area (Å²) in [6.45, 7) is 7.45. The summed E-state index contributed by atoms with van der Waals surface area (Å²) in [5.74, 6) is -0.357. The minimum absolute atomic E-state index is 0.0157. The van der Waals surface area contributed by atoms with Crippen molar-refractivity contribution in [3.05, 3.63) is 51.3 Å². The second-order valence-corrected chi connectivity index (χ2v) is 6.22. The fourth-order valence-electron chi connectivity index (χ4n) is 2.86. The first-order valence-electron chi connectivity index (χ1n) is 8.55. The Morgan fingerprint density at radius 3 is 2.59 bits per heavy atom. The number of nitrogens with one attached hydrogen (secondary N) is 1. The Kier molecular flexibility index (Phi) is 6.27. The van der Waals surface area contributed by atoms with Crippen molar-refractivity contribution in [2.24, 2.45) is 0 Å². The predicted octanol–water partition coefficient (Wildman–Crippen LogP) is 2.42. The van der Waals surface area contributed by atoms with Crippen molar-refractivity contribution in [1.82, 2.24) is 14.7 Å². The minimum atomic E-state index is -0.496. The number of benzene rings is 1. The molecular weight excluding hydrogens is 350 g/mol. The van der Waals surface area contributed by atoms with Gasteiger partial charge in [-0.3, -0.25) is 24.4 Å². The van der Waals surface area contributed by atoms with E-state index in [1.165, 1.54) is 18.5 Å². The third kappa shape index (κ3) is 4.90. The molecule has 1 aromatic carbocycles. The zero-order chi connectivity index (χ0) is 20.1. The van der Waals surface area contributed by atoms with Gasteiger partial charge >= 0.3 is 5.69 Å². The topological polar surface area (TPSA) is 110 Å². The molecule has 0 radical (unpaired) electrons. The van der Waals surface area contributed by atoms with Crippen LogP contribution in [-0.2, 0) is 22.7 Å². The number of hydrogen-bond acceptors (Lipinski definition) is 5. The zero-order valence-corrected chi connectivity index (χ0v) is 15.9. The first-order chi connectivity index (χ1) is 12.7. The van der Waals surface area contributed by atoms with Crippen molar-refractivity contribution in [1.29, 1.82) is 0 Å². The Hall–Kier alpha value is -3.23. The van der Waals surface area contributed by atoms with Gasteiger partial charge in [0, 0.05) is 25.7 Å². The molecule has 9 heteroatoms. The predicted molar refractivity (Wildman–Crippen MR) is 100 cm³/mol. The summed E-state index contributed by atoms with van der Waals surface area (Å²) >= 11 is 0. The van der Waals surface area contributed by atoms with Crippen molar-refractivity contribution < 1.29 is 14.5 Å². The molecule has 1 heterocycles. The van der Waals surface area contributed by atoms with E-state index in [1.807, 2.05) is 13.0 Å². The number of aryl methyl sites for hydroxylation is 1. The Labute approximate surface area is 157 Å². The number of rotatable bonds is 7. The highest BCUT2D eigenvalue weighted by Gasteiger charge is 2.22. The highest BCUT2D eigenvalue weighted by atomic mass is 16.6. The standard InChI is InChI=1S/C18H23N5O4/c1-5-21(14(4)24)10-15-7-6-8-16(9-15)19-17(25)11-22-13(3)18(23(26)27)12(2)20-22/h6-9H,5,10-11H2,1-4H3,(H,19,25). The maximum atomic E-state index is 12.3. The van der Waals surface area contributed by atoms with E-state index in [9.17, 15) is 19.7 Å². The maximum Gasteiger partial charge on any atom is 0.312 e. The number of hydrogen-bond donors (Lipinski definition) is 1. The van der Waals surface area contributed by atoms with Gasteiger partial charge in [-0.2, -0.15) is 5.10 Å². The average Bonchev–Trinajstić information content (AvgIpc) is 2.86. The number of carbonyl (C=O) groups is 2. The lowest BCUT2D eigenvalue weighted by Gasteiger charge is -2.19. The average molecular weight is 373 g/mol. The summed E-state index contributed by atoms with van der Waals surface area (Å²) in [4.78, 5) is 36.1. The highest BCUT2D eigenvalue weighted by Crippen LogP contribution is 2.21. The molecule has 9 nitrogen and oxygen atoms in total. The maximum absolute atomic E-state index is 12.3. The van der Waals surface area contributed by atoms with Crippen LogP contribution < -0.4 is 5.32 Å². The van der Waals surface area contributed by atoms with Gasteiger partial charge in [0.15, 0.2) is 0 Å². The quantitative estimate of drug-likeness (QED) is 0.592. The van der Waals surface area contributed by atoms with E-state index in [4.69, 9.17) is 0 Å². The molecule has 0 aliphatic heterocycles. The molecule has 1 aromatic heterocycles. The largest absolute Gasteiger partial charge is 0.339 e. The van der Waals surface area contributed by atoms with E-state index in [-0.39, 0.29) is 29.7 Å². The van der Waals surface area contributed by atoms with Crippen molar-refractivity contribution in [3.8, 4) is 0 Å². The molecule has 0 aliphatic carbocycles. The van der Waals surface area contributed by atoms with Crippen LogP contribution in [0.15, 0.2) is 24.3 Å². The van der Waals surface area contributed by atoms with E-state index < -0.39 is 4.92 Å². The van der Waals surface area contributed by atoms with E-state index >= 15 is 0 Å². The summed E-state index contributed by atoms with van der Waals surface area (Å²) < 4.78 is 1.32. The fraction of sp³-hybridized carbons (Fsp3) is 0.389. The molecule has 0 aliphatic rings. The van der Waals surface area contributed by atoms with E-state index in [0.29, 0.717) is 24.5 Å². The molecular formula is C18H23N5O4. The third-order valence-electron chi connectivity index (χ3n) is 4.23. The monoisotopic (exact) mass is 373 g/mol. The van der Waals surface area contributed by atoms with Crippen molar-refractivity contribution in [3.63, 3.8) is 0 Å². The second kappa shape index (κ2) is 8.43. The van der Waals surface area contributed by atoms with E-state index in [1.54, 1.807) is 30.0 Å². The smallest absolute Gasteiger partial charge is 0.312 e. The first kappa shape index (κ1) is 20.1. The van der Waals surface area contributed by atoms with Gasteiger partial charge < -0.3 is 10.2 Å². The lowest BCUT2D eigenvalue weighted by Crippen LogP contribution is -2.27. The summed E-state index contributed by atoms with van der Waals surface area (Å²) in [6, 6.07) is 7.22. The number of nitrogens with zero attached hydrogens (tertiary/aromatic N) is 4. The summed E-state index contributed by atoms with van der Waals surface area (Å²) in [5.41, 5.74) is 2.02. The van der Waals surface area contributed by atoms with Crippen LogP contribution in [0.25, 0.3) is 0 Å². The number of carbonyl (C=O) groups excluding carboxylic acids is 2. The van der Waals surface area contributed by atoms with E-state index in [2.05, 4.69) is 10.4 Å². The van der Waals surface area contributed by atoms with Crippen LogP contribution in [0.3, 0.4) is 0 Å². The first-order valence-corrected chi connectivity index (χ1v) is 8.55.